The van der Waals surface area contributed by atoms with Gasteiger partial charge in [0.1, 0.15) is 11.3 Å². The van der Waals surface area contributed by atoms with Gasteiger partial charge in [-0.3, -0.25) is 9.59 Å². The highest BCUT2D eigenvalue weighted by molar-refractivity contribution is 5.91. The molecule has 7 nitrogen and oxygen atoms in total. The van der Waals surface area contributed by atoms with Crippen molar-refractivity contribution in [3.8, 4) is 5.75 Å². The Bertz CT molecular complexity index is 806. The molecule has 1 heterocycles. The Morgan fingerprint density at radius 2 is 1.96 bits per heavy atom. The third-order valence-corrected chi connectivity index (χ3v) is 3.52. The maximum atomic E-state index is 12.1. The van der Waals surface area contributed by atoms with E-state index in [1.54, 1.807) is 25.1 Å². The third-order valence-electron chi connectivity index (χ3n) is 3.52. The number of esters is 2. The smallest absolute Gasteiger partial charge is 0.336 e. The number of fused-ring (bicyclic) bond motifs is 1. The lowest BCUT2D eigenvalue weighted by Gasteiger charge is -2.16. The summed E-state index contributed by atoms with van der Waals surface area (Å²) in [5.41, 5.74) is -0.0260. The van der Waals surface area contributed by atoms with Crippen LogP contribution in [-0.4, -0.2) is 32.8 Å². The summed E-state index contributed by atoms with van der Waals surface area (Å²) in [6.07, 6.45) is -0.231. The van der Waals surface area contributed by atoms with Crippen molar-refractivity contribution < 1.29 is 28.2 Å². The van der Waals surface area contributed by atoms with Crippen LogP contribution in [0.25, 0.3) is 11.0 Å². The van der Waals surface area contributed by atoms with Crippen molar-refractivity contribution in [2.24, 2.45) is 0 Å². The van der Waals surface area contributed by atoms with Crippen LogP contribution in [0.3, 0.4) is 0 Å². The van der Waals surface area contributed by atoms with Crippen molar-refractivity contribution in [3.63, 3.8) is 0 Å². The summed E-state index contributed by atoms with van der Waals surface area (Å²) < 4.78 is 19.9. The SMILES string of the molecule is CCOC(=O)C[C@H](C(=O)OC)c1cc(=O)oc2cc(OC)ccc12. The van der Waals surface area contributed by atoms with Gasteiger partial charge in [0, 0.05) is 17.5 Å². The highest BCUT2D eigenvalue weighted by atomic mass is 16.5. The van der Waals surface area contributed by atoms with E-state index >= 15 is 0 Å². The standard InChI is InChI=1S/C17H18O7/c1-4-23-15(18)9-13(17(20)22-3)12-8-16(19)24-14-7-10(21-2)5-6-11(12)14/h5-8,13H,4,9H2,1-3H3/t13-/m0/s1. The molecule has 1 aromatic heterocycles. The number of ether oxygens (including phenoxy) is 3. The Morgan fingerprint density at radius 1 is 1.21 bits per heavy atom. The molecular formula is C17H18O7. The Hall–Kier alpha value is -2.83. The molecule has 0 spiro atoms. The van der Waals surface area contributed by atoms with Crippen molar-refractivity contribution in [1.82, 2.24) is 0 Å². The number of carbonyl (C=O) groups is 2. The van der Waals surface area contributed by atoms with Gasteiger partial charge in [0.25, 0.3) is 0 Å². The average Bonchev–Trinajstić information content (AvgIpc) is 2.57. The van der Waals surface area contributed by atoms with Gasteiger partial charge in [0.05, 0.1) is 33.2 Å². The highest BCUT2D eigenvalue weighted by Gasteiger charge is 2.28. The van der Waals surface area contributed by atoms with E-state index in [9.17, 15) is 14.4 Å². The van der Waals surface area contributed by atoms with E-state index < -0.39 is 23.5 Å². The summed E-state index contributed by atoms with van der Waals surface area (Å²) in [4.78, 5) is 35.8. The maximum Gasteiger partial charge on any atom is 0.336 e. The van der Waals surface area contributed by atoms with E-state index in [4.69, 9.17) is 18.6 Å². The van der Waals surface area contributed by atoms with Gasteiger partial charge in [0.2, 0.25) is 0 Å². The zero-order valence-electron chi connectivity index (χ0n) is 13.7. The molecule has 7 heteroatoms. The monoisotopic (exact) mass is 334 g/mol. The van der Waals surface area contributed by atoms with Gasteiger partial charge >= 0.3 is 17.6 Å². The molecule has 0 fully saturated rings. The molecule has 1 aromatic carbocycles. The fourth-order valence-electron chi connectivity index (χ4n) is 2.43. The molecule has 1 atom stereocenters. The molecule has 0 aliphatic rings. The number of methoxy groups -OCH3 is 2. The first kappa shape index (κ1) is 17.5. The lowest BCUT2D eigenvalue weighted by Crippen LogP contribution is -2.21. The number of rotatable bonds is 6. The summed E-state index contributed by atoms with van der Waals surface area (Å²) in [6, 6.07) is 6.06. The van der Waals surface area contributed by atoms with Crippen LogP contribution in [-0.2, 0) is 19.1 Å². The van der Waals surface area contributed by atoms with E-state index in [1.807, 2.05) is 0 Å². The van der Waals surface area contributed by atoms with Crippen molar-refractivity contribution in [3.05, 3.63) is 40.2 Å². The molecule has 128 valence electrons. The molecule has 0 radical (unpaired) electrons. The summed E-state index contributed by atoms with van der Waals surface area (Å²) >= 11 is 0. The second-order valence-corrected chi connectivity index (χ2v) is 4.97. The first-order valence-electron chi connectivity index (χ1n) is 7.35. The Morgan fingerprint density at radius 3 is 2.58 bits per heavy atom. The minimum Gasteiger partial charge on any atom is -0.497 e. The van der Waals surface area contributed by atoms with E-state index in [1.165, 1.54) is 20.3 Å². The number of carbonyl (C=O) groups excluding carboxylic acids is 2. The zero-order chi connectivity index (χ0) is 17.7. The van der Waals surface area contributed by atoms with Gasteiger partial charge in [-0.1, -0.05) is 0 Å². The molecule has 0 unspecified atom stereocenters. The van der Waals surface area contributed by atoms with Crippen LogP contribution >= 0.6 is 0 Å². The van der Waals surface area contributed by atoms with Crippen molar-refractivity contribution in [2.45, 2.75) is 19.3 Å². The first-order valence-corrected chi connectivity index (χ1v) is 7.35. The predicted octanol–water partition coefficient (Wildman–Crippen LogP) is 2.01. The predicted molar refractivity (Wildman–Crippen MR) is 85.0 cm³/mol. The Kier molecular flexibility index (Phi) is 5.57. The molecule has 2 aromatic rings. The van der Waals surface area contributed by atoms with Crippen molar-refractivity contribution >= 4 is 22.9 Å². The summed E-state index contributed by atoms with van der Waals surface area (Å²) in [7, 11) is 2.71. The van der Waals surface area contributed by atoms with Crippen molar-refractivity contribution in [1.29, 1.82) is 0 Å². The van der Waals surface area contributed by atoms with Crippen LogP contribution in [0.5, 0.6) is 5.75 Å². The molecular weight excluding hydrogens is 316 g/mol. The molecule has 0 amide bonds. The second kappa shape index (κ2) is 7.63. The van der Waals surface area contributed by atoms with E-state index in [-0.39, 0.29) is 18.6 Å². The topological polar surface area (TPSA) is 92.0 Å². The largest absolute Gasteiger partial charge is 0.497 e. The van der Waals surface area contributed by atoms with Gasteiger partial charge in [-0.25, -0.2) is 4.79 Å². The van der Waals surface area contributed by atoms with Crippen LogP contribution in [0.4, 0.5) is 0 Å². The maximum absolute atomic E-state index is 12.1. The average molecular weight is 334 g/mol. The van der Waals surface area contributed by atoms with Crippen LogP contribution < -0.4 is 10.4 Å². The number of hydrogen-bond acceptors (Lipinski definition) is 7. The van der Waals surface area contributed by atoms with Crippen LogP contribution in [0.2, 0.25) is 0 Å². The highest BCUT2D eigenvalue weighted by Crippen LogP contribution is 2.30. The first-order chi connectivity index (χ1) is 11.5. The van der Waals surface area contributed by atoms with Gasteiger partial charge in [-0.15, -0.1) is 0 Å². The number of hydrogen-bond donors (Lipinski definition) is 0. The molecule has 24 heavy (non-hydrogen) atoms. The molecule has 0 saturated heterocycles. The van der Waals surface area contributed by atoms with E-state index in [0.717, 1.165) is 0 Å². The van der Waals surface area contributed by atoms with Gasteiger partial charge in [-0.2, -0.15) is 0 Å². The van der Waals surface area contributed by atoms with Gasteiger partial charge < -0.3 is 18.6 Å². The van der Waals surface area contributed by atoms with E-state index in [0.29, 0.717) is 16.7 Å². The minimum atomic E-state index is -0.964. The van der Waals surface area contributed by atoms with Gasteiger partial charge in [-0.05, 0) is 24.6 Å². The van der Waals surface area contributed by atoms with Crippen molar-refractivity contribution in [2.75, 3.05) is 20.8 Å². The summed E-state index contributed by atoms with van der Waals surface area (Å²) in [5.74, 6) is -1.65. The molecule has 0 N–H and O–H groups in total. The third kappa shape index (κ3) is 3.73. The summed E-state index contributed by atoms with van der Waals surface area (Å²) in [6.45, 7) is 1.87. The number of benzene rings is 1. The molecule has 0 saturated carbocycles. The molecule has 0 aliphatic carbocycles. The molecule has 0 bridgehead atoms. The lowest BCUT2D eigenvalue weighted by atomic mass is 9.93. The quantitative estimate of drug-likeness (QED) is 0.589. The fraction of sp³-hybridized carbons (Fsp3) is 0.353. The lowest BCUT2D eigenvalue weighted by molar-refractivity contribution is -0.150. The van der Waals surface area contributed by atoms with Crippen LogP contribution in [0, 0.1) is 0 Å². The van der Waals surface area contributed by atoms with Gasteiger partial charge in [0.15, 0.2) is 0 Å². The zero-order valence-corrected chi connectivity index (χ0v) is 13.7. The fourth-order valence-corrected chi connectivity index (χ4v) is 2.43. The second-order valence-electron chi connectivity index (χ2n) is 4.97. The molecule has 2 rings (SSSR count). The molecule has 0 aliphatic heterocycles. The van der Waals surface area contributed by atoms with Crippen LogP contribution in [0.1, 0.15) is 24.8 Å². The Labute approximate surface area is 138 Å². The summed E-state index contributed by atoms with van der Waals surface area (Å²) in [5, 5.41) is 0.523. The Balaban J connectivity index is 2.58. The van der Waals surface area contributed by atoms with E-state index in [2.05, 4.69) is 0 Å². The van der Waals surface area contributed by atoms with Crippen LogP contribution in [0.15, 0.2) is 33.5 Å². The normalized spacial score (nSPS) is 11.8. The minimum absolute atomic E-state index is 0.196.